The molecule has 1 N–H and O–H groups in total. The van der Waals surface area contributed by atoms with Crippen molar-refractivity contribution in [3.8, 4) is 11.4 Å². The highest BCUT2D eigenvalue weighted by Gasteiger charge is 2.32. The molecule has 3 aromatic rings. The number of H-pyrrole nitrogens is 1. The zero-order valence-corrected chi connectivity index (χ0v) is 10.0. The first kappa shape index (κ1) is 13.4. The lowest BCUT2D eigenvalue weighted by molar-refractivity contribution is -0.141. The van der Waals surface area contributed by atoms with Crippen molar-refractivity contribution in [2.75, 3.05) is 0 Å². The number of nitrogens with one attached hydrogen (secondary N) is 1. The van der Waals surface area contributed by atoms with Crippen LogP contribution in [-0.4, -0.2) is 19.9 Å². The Kier molecular flexibility index (Phi) is 2.85. The molecule has 4 nitrogen and oxygen atoms in total. The molecule has 9 heteroatoms. The first-order valence-electron chi connectivity index (χ1n) is 5.60. The van der Waals surface area contributed by atoms with Crippen molar-refractivity contribution < 1.29 is 22.0 Å². The monoisotopic (exact) mass is 300 g/mol. The molecule has 0 aliphatic rings. The van der Waals surface area contributed by atoms with Crippen molar-refractivity contribution in [2.45, 2.75) is 6.18 Å². The van der Waals surface area contributed by atoms with E-state index in [1.807, 2.05) is 0 Å². The summed E-state index contributed by atoms with van der Waals surface area (Å²) in [7, 11) is 0. The lowest BCUT2D eigenvalue weighted by Gasteiger charge is -2.03. The molecule has 0 bridgehead atoms. The van der Waals surface area contributed by atoms with Crippen LogP contribution in [-0.2, 0) is 6.18 Å². The largest absolute Gasteiger partial charge is 0.433 e. The van der Waals surface area contributed by atoms with Crippen LogP contribution in [0.3, 0.4) is 0 Å². The first-order valence-corrected chi connectivity index (χ1v) is 5.60. The zero-order chi connectivity index (χ0) is 15.2. The van der Waals surface area contributed by atoms with Gasteiger partial charge in [0.25, 0.3) is 0 Å². The van der Waals surface area contributed by atoms with E-state index in [0.29, 0.717) is 0 Å². The molecule has 0 aromatic carbocycles. The number of aromatic amines is 1. The van der Waals surface area contributed by atoms with Gasteiger partial charge in [0.1, 0.15) is 11.5 Å². The molecule has 3 rings (SSSR count). The molecule has 0 saturated heterocycles. The van der Waals surface area contributed by atoms with E-state index in [1.54, 1.807) is 0 Å². The second-order valence-electron chi connectivity index (χ2n) is 4.15. The fourth-order valence-corrected chi connectivity index (χ4v) is 1.74. The maximum Gasteiger partial charge on any atom is 0.433 e. The normalized spacial score (nSPS) is 12.0. The molecular formula is C12H5F5N4. The summed E-state index contributed by atoms with van der Waals surface area (Å²) in [6, 6.07) is 2.80. The van der Waals surface area contributed by atoms with Crippen LogP contribution < -0.4 is 0 Å². The van der Waals surface area contributed by atoms with E-state index < -0.39 is 23.6 Å². The molecule has 0 spiro atoms. The van der Waals surface area contributed by atoms with Crippen molar-refractivity contribution in [2.24, 2.45) is 0 Å². The summed E-state index contributed by atoms with van der Waals surface area (Å²) < 4.78 is 63.5. The minimum atomic E-state index is -4.59. The van der Waals surface area contributed by atoms with E-state index in [2.05, 4.69) is 19.9 Å². The van der Waals surface area contributed by atoms with Crippen LogP contribution in [0.15, 0.2) is 24.4 Å². The van der Waals surface area contributed by atoms with Gasteiger partial charge in [-0.1, -0.05) is 0 Å². The summed E-state index contributed by atoms with van der Waals surface area (Å²) in [5.41, 5.74) is -0.927. The predicted molar refractivity (Wildman–Crippen MR) is 62.0 cm³/mol. The van der Waals surface area contributed by atoms with Crippen LogP contribution in [0, 0.1) is 11.8 Å². The molecule has 0 aliphatic carbocycles. The molecule has 0 fully saturated rings. The number of hydrogen-bond acceptors (Lipinski definition) is 3. The molecule has 0 unspecified atom stereocenters. The second kappa shape index (κ2) is 4.47. The summed E-state index contributed by atoms with van der Waals surface area (Å²) >= 11 is 0. The third-order valence-electron chi connectivity index (χ3n) is 2.71. The number of hydrogen-bond donors (Lipinski definition) is 1. The van der Waals surface area contributed by atoms with Crippen LogP contribution in [0.25, 0.3) is 22.6 Å². The number of aromatic nitrogens is 4. The Labute approximate surface area is 113 Å². The van der Waals surface area contributed by atoms with Gasteiger partial charge < -0.3 is 4.98 Å². The van der Waals surface area contributed by atoms with Crippen molar-refractivity contribution >= 4 is 11.2 Å². The summed E-state index contributed by atoms with van der Waals surface area (Å²) in [4.78, 5) is 13.1. The molecule has 108 valence electrons. The van der Waals surface area contributed by atoms with Crippen LogP contribution in [0.1, 0.15) is 5.69 Å². The van der Waals surface area contributed by atoms with Gasteiger partial charge in [-0.15, -0.1) is 0 Å². The highest BCUT2D eigenvalue weighted by molar-refractivity contribution is 5.75. The average Bonchev–Trinajstić information content (AvgIpc) is 2.83. The quantitative estimate of drug-likeness (QED) is 0.554. The molecule has 21 heavy (non-hydrogen) atoms. The van der Waals surface area contributed by atoms with E-state index in [-0.39, 0.29) is 22.6 Å². The van der Waals surface area contributed by atoms with E-state index in [0.717, 1.165) is 24.4 Å². The van der Waals surface area contributed by atoms with E-state index >= 15 is 0 Å². The van der Waals surface area contributed by atoms with Gasteiger partial charge in [-0.3, -0.25) is 0 Å². The summed E-state index contributed by atoms with van der Waals surface area (Å²) in [6.45, 7) is 0. The lowest BCUT2D eigenvalue weighted by atomic mass is 10.3. The van der Waals surface area contributed by atoms with E-state index in [9.17, 15) is 22.0 Å². The Hall–Kier alpha value is -2.58. The van der Waals surface area contributed by atoms with Crippen molar-refractivity contribution in [3.63, 3.8) is 0 Å². The average molecular weight is 300 g/mol. The van der Waals surface area contributed by atoms with Crippen LogP contribution in [0.2, 0.25) is 0 Å². The number of fused-ring (bicyclic) bond motifs is 1. The van der Waals surface area contributed by atoms with E-state index in [4.69, 9.17) is 0 Å². The highest BCUT2D eigenvalue weighted by Crippen LogP contribution is 2.29. The van der Waals surface area contributed by atoms with Gasteiger partial charge in [0, 0.05) is 11.8 Å². The number of imidazole rings is 1. The van der Waals surface area contributed by atoms with Crippen molar-refractivity contribution in [1.29, 1.82) is 0 Å². The predicted octanol–water partition coefficient (Wildman–Crippen LogP) is 3.32. The lowest BCUT2D eigenvalue weighted by Crippen LogP contribution is -2.07. The Morgan fingerprint density at radius 1 is 1.05 bits per heavy atom. The highest BCUT2D eigenvalue weighted by atomic mass is 19.4. The molecule has 0 radical (unpaired) electrons. The van der Waals surface area contributed by atoms with Gasteiger partial charge in [0.2, 0.25) is 5.95 Å². The minimum Gasteiger partial charge on any atom is -0.337 e. The van der Waals surface area contributed by atoms with Crippen LogP contribution in [0.5, 0.6) is 0 Å². The van der Waals surface area contributed by atoms with Crippen LogP contribution >= 0.6 is 0 Å². The second-order valence-corrected chi connectivity index (χ2v) is 4.15. The standard InChI is InChI=1S/C12H5F5N4/c13-6-3-5(4-18-9(6)14)10-19-7-1-2-8(12(15,16)17)20-11(7)21-10/h1-4H,(H,19,20,21). The first-order chi connectivity index (χ1) is 9.84. The number of rotatable bonds is 1. The van der Waals surface area contributed by atoms with Crippen molar-refractivity contribution in [1.82, 2.24) is 19.9 Å². The fraction of sp³-hybridized carbons (Fsp3) is 0.0833. The van der Waals surface area contributed by atoms with Crippen molar-refractivity contribution in [3.05, 3.63) is 41.9 Å². The molecule has 3 heterocycles. The molecule has 3 aromatic heterocycles. The zero-order valence-electron chi connectivity index (χ0n) is 10.0. The number of alkyl halides is 3. The topological polar surface area (TPSA) is 54.5 Å². The third kappa shape index (κ3) is 2.41. The summed E-state index contributed by atoms with van der Waals surface area (Å²) in [6.07, 6.45) is -3.57. The van der Waals surface area contributed by atoms with Gasteiger partial charge in [0.05, 0.1) is 5.52 Å². The molecule has 0 amide bonds. The summed E-state index contributed by atoms with van der Waals surface area (Å²) in [5, 5.41) is 0. The fourth-order valence-electron chi connectivity index (χ4n) is 1.74. The van der Waals surface area contributed by atoms with Gasteiger partial charge in [-0.25, -0.2) is 19.3 Å². The van der Waals surface area contributed by atoms with Gasteiger partial charge in [0.15, 0.2) is 11.5 Å². The van der Waals surface area contributed by atoms with Crippen LogP contribution in [0.4, 0.5) is 22.0 Å². The Morgan fingerprint density at radius 3 is 2.48 bits per heavy atom. The molecule has 0 aliphatic heterocycles. The minimum absolute atomic E-state index is 0.0447. The van der Waals surface area contributed by atoms with Gasteiger partial charge in [-0.05, 0) is 18.2 Å². The maximum absolute atomic E-state index is 13.1. The van der Waals surface area contributed by atoms with Gasteiger partial charge >= 0.3 is 6.18 Å². The number of halogens is 5. The Morgan fingerprint density at radius 2 is 1.81 bits per heavy atom. The molecular weight excluding hydrogens is 295 g/mol. The smallest absolute Gasteiger partial charge is 0.337 e. The Bertz CT molecular complexity index is 824. The summed E-state index contributed by atoms with van der Waals surface area (Å²) in [5.74, 6) is -2.41. The molecule has 0 atom stereocenters. The van der Waals surface area contributed by atoms with Gasteiger partial charge in [-0.2, -0.15) is 17.6 Å². The maximum atomic E-state index is 13.1. The SMILES string of the molecule is Fc1cc(-c2nc3nc(C(F)(F)F)ccc3[nH]2)cnc1F. The molecule has 0 saturated carbocycles. The van der Waals surface area contributed by atoms with E-state index in [1.165, 1.54) is 0 Å². The third-order valence-corrected chi connectivity index (χ3v) is 2.71. The number of nitrogens with zero attached hydrogens (tertiary/aromatic N) is 3. The Balaban J connectivity index is 2.10. The number of pyridine rings is 2.